The Labute approximate surface area is 169 Å². The first-order valence-electron chi connectivity index (χ1n) is 8.28. The molecule has 2 N–H and O–H groups in total. The van der Waals surface area contributed by atoms with Gasteiger partial charge in [0.1, 0.15) is 0 Å². The minimum absolute atomic E-state index is 0.00960. The highest BCUT2D eigenvalue weighted by Crippen LogP contribution is 2.32. The van der Waals surface area contributed by atoms with Crippen molar-refractivity contribution in [2.24, 2.45) is 0 Å². The molecule has 3 rings (SSSR count). The second-order valence-electron chi connectivity index (χ2n) is 5.86. The van der Waals surface area contributed by atoms with Crippen molar-refractivity contribution in [1.82, 2.24) is 20.1 Å². The summed E-state index contributed by atoms with van der Waals surface area (Å²) in [5.41, 5.74) is -0.396. The predicted molar refractivity (Wildman–Crippen MR) is 104 cm³/mol. The summed E-state index contributed by atoms with van der Waals surface area (Å²) in [4.78, 5) is 16.1. The number of amides is 1. The molecular formula is C19H15ClF3N5O. The Bertz CT molecular complexity index is 1080. The number of carbonyl (C=O) groups excluding carboxylic acids is 1. The summed E-state index contributed by atoms with van der Waals surface area (Å²) in [7, 11) is 1.47. The van der Waals surface area contributed by atoms with Crippen LogP contribution in [-0.4, -0.2) is 27.7 Å². The summed E-state index contributed by atoms with van der Waals surface area (Å²) in [6, 6.07) is 10.4. The normalized spacial score (nSPS) is 11.2. The van der Waals surface area contributed by atoms with Gasteiger partial charge in [-0.15, -0.1) is 0 Å². The minimum Gasteiger partial charge on any atom is -0.355 e. The Balaban J connectivity index is 2.07. The molecule has 10 heteroatoms. The Morgan fingerprint density at radius 3 is 2.59 bits per heavy atom. The lowest BCUT2D eigenvalue weighted by Gasteiger charge is -2.14. The van der Waals surface area contributed by atoms with Crippen LogP contribution in [0.3, 0.4) is 0 Å². The van der Waals surface area contributed by atoms with Crippen LogP contribution in [0.15, 0.2) is 55.2 Å². The smallest absolute Gasteiger partial charge is 0.355 e. The molecule has 0 atom stereocenters. The number of pyridine rings is 1. The molecule has 2 aromatic heterocycles. The lowest BCUT2D eigenvalue weighted by Crippen LogP contribution is -2.19. The molecule has 2 heterocycles. The molecule has 0 fully saturated rings. The van der Waals surface area contributed by atoms with Crippen molar-refractivity contribution in [3.63, 3.8) is 0 Å². The number of halogens is 4. The summed E-state index contributed by atoms with van der Waals surface area (Å²) in [6.45, 7) is 3.82. The van der Waals surface area contributed by atoms with Gasteiger partial charge in [-0.3, -0.25) is 4.79 Å². The van der Waals surface area contributed by atoms with Crippen LogP contribution in [0.25, 0.3) is 11.5 Å². The van der Waals surface area contributed by atoms with Gasteiger partial charge in [0, 0.05) is 13.2 Å². The van der Waals surface area contributed by atoms with Crippen LogP contribution in [0, 0.1) is 0 Å². The second kappa shape index (κ2) is 7.96. The topological polar surface area (TPSA) is 71.8 Å². The van der Waals surface area contributed by atoms with Gasteiger partial charge in [0.2, 0.25) is 0 Å². The number of aromatic nitrogens is 3. The van der Waals surface area contributed by atoms with E-state index in [2.05, 4.69) is 27.3 Å². The highest BCUT2D eigenvalue weighted by molar-refractivity contribution is 6.32. The van der Waals surface area contributed by atoms with E-state index in [1.165, 1.54) is 19.3 Å². The number of alkyl halides is 3. The first-order valence-corrected chi connectivity index (χ1v) is 8.65. The molecule has 0 spiro atoms. The Morgan fingerprint density at radius 2 is 1.93 bits per heavy atom. The number of nitrogens with one attached hydrogen (secondary N) is 2. The molecule has 0 aliphatic rings. The molecule has 3 aromatic rings. The van der Waals surface area contributed by atoms with Gasteiger partial charge in [-0.2, -0.15) is 18.3 Å². The lowest BCUT2D eigenvalue weighted by molar-refractivity contribution is -0.141. The van der Waals surface area contributed by atoms with E-state index in [0.717, 1.165) is 10.7 Å². The van der Waals surface area contributed by atoms with Gasteiger partial charge in [-0.05, 0) is 30.3 Å². The zero-order chi connectivity index (χ0) is 21.2. The molecule has 0 aliphatic heterocycles. The number of rotatable bonds is 5. The maximum Gasteiger partial charge on any atom is 0.435 e. The number of para-hydroxylation sites is 1. The fourth-order valence-corrected chi connectivity index (χ4v) is 2.78. The van der Waals surface area contributed by atoms with Crippen LogP contribution < -0.4 is 10.6 Å². The molecule has 0 bridgehead atoms. The van der Waals surface area contributed by atoms with Crippen molar-refractivity contribution in [3.8, 4) is 5.82 Å². The number of carbonyl (C=O) groups is 1. The van der Waals surface area contributed by atoms with E-state index in [4.69, 9.17) is 11.6 Å². The van der Waals surface area contributed by atoms with Gasteiger partial charge in [-0.1, -0.05) is 30.3 Å². The van der Waals surface area contributed by atoms with Crippen LogP contribution >= 0.6 is 11.6 Å². The van der Waals surface area contributed by atoms with Crippen molar-refractivity contribution in [1.29, 1.82) is 0 Å². The summed E-state index contributed by atoms with van der Waals surface area (Å²) in [5.74, 6) is -0.347. The third-order valence-corrected chi connectivity index (χ3v) is 4.23. The molecule has 150 valence electrons. The Morgan fingerprint density at radius 1 is 1.21 bits per heavy atom. The summed E-state index contributed by atoms with van der Waals surface area (Å²) < 4.78 is 40.8. The fourth-order valence-electron chi connectivity index (χ4n) is 2.58. The van der Waals surface area contributed by atoms with Gasteiger partial charge >= 0.3 is 6.18 Å². The quantitative estimate of drug-likeness (QED) is 0.641. The molecule has 0 unspecified atom stereocenters. The Hall–Kier alpha value is -3.33. The maximum absolute atomic E-state index is 13.3. The first-order chi connectivity index (χ1) is 13.7. The number of benzene rings is 1. The van der Waals surface area contributed by atoms with Crippen LogP contribution in [0.4, 0.5) is 18.9 Å². The highest BCUT2D eigenvalue weighted by atomic mass is 35.5. The standard InChI is InChI=1S/C19H15ClF3N5O/c1-11(26-14-8-4-3-6-12(14)18(29)24-2)15-10-16(19(21,22)23)27-28(15)17-13(20)7-5-9-25-17/h3-10,26H,1H2,2H3,(H,24,29). The minimum atomic E-state index is -4.68. The van der Waals surface area contributed by atoms with Gasteiger partial charge in [0.25, 0.3) is 5.91 Å². The van der Waals surface area contributed by atoms with Gasteiger partial charge in [-0.25, -0.2) is 9.67 Å². The van der Waals surface area contributed by atoms with Gasteiger partial charge in [0.05, 0.1) is 27.7 Å². The second-order valence-corrected chi connectivity index (χ2v) is 6.27. The molecule has 0 radical (unpaired) electrons. The van der Waals surface area contributed by atoms with Crippen LogP contribution in [-0.2, 0) is 6.18 Å². The molecule has 0 saturated carbocycles. The number of nitrogens with zero attached hydrogens (tertiary/aromatic N) is 3. The fraction of sp³-hybridized carbons (Fsp3) is 0.105. The Kier molecular flexibility index (Phi) is 5.60. The van der Waals surface area contributed by atoms with Crippen molar-refractivity contribution < 1.29 is 18.0 Å². The van der Waals surface area contributed by atoms with Gasteiger partial charge in [0.15, 0.2) is 11.5 Å². The third-order valence-electron chi connectivity index (χ3n) is 3.93. The van der Waals surface area contributed by atoms with Gasteiger partial charge < -0.3 is 10.6 Å². The number of anilines is 1. The van der Waals surface area contributed by atoms with E-state index >= 15 is 0 Å². The predicted octanol–water partition coefficient (Wildman–Crippen LogP) is 4.38. The zero-order valence-electron chi connectivity index (χ0n) is 15.1. The van der Waals surface area contributed by atoms with Crippen molar-refractivity contribution in [3.05, 3.63) is 77.2 Å². The van der Waals surface area contributed by atoms with E-state index in [1.807, 2.05) is 0 Å². The summed E-state index contributed by atoms with van der Waals surface area (Å²) in [6.07, 6.45) is -3.29. The largest absolute Gasteiger partial charge is 0.435 e. The SMILES string of the molecule is C=C(Nc1ccccc1C(=O)NC)c1cc(C(F)(F)F)nn1-c1ncccc1Cl. The van der Waals surface area contributed by atoms with E-state index in [9.17, 15) is 18.0 Å². The summed E-state index contributed by atoms with van der Waals surface area (Å²) in [5, 5.41) is 9.11. The van der Waals surface area contributed by atoms with E-state index in [-0.39, 0.29) is 28.1 Å². The molecule has 6 nitrogen and oxygen atoms in total. The molecule has 0 saturated heterocycles. The lowest BCUT2D eigenvalue weighted by atomic mass is 10.1. The van der Waals surface area contributed by atoms with Crippen LogP contribution in [0.5, 0.6) is 0 Å². The van der Waals surface area contributed by atoms with Crippen molar-refractivity contribution in [2.45, 2.75) is 6.18 Å². The highest BCUT2D eigenvalue weighted by Gasteiger charge is 2.36. The number of hydrogen-bond acceptors (Lipinski definition) is 4. The van der Waals surface area contributed by atoms with Crippen molar-refractivity contribution in [2.75, 3.05) is 12.4 Å². The van der Waals surface area contributed by atoms with Crippen LogP contribution in [0.1, 0.15) is 21.7 Å². The first kappa shape index (κ1) is 20.4. The monoisotopic (exact) mass is 421 g/mol. The van der Waals surface area contributed by atoms with E-state index in [1.54, 1.807) is 30.3 Å². The molecule has 29 heavy (non-hydrogen) atoms. The maximum atomic E-state index is 13.3. The molecule has 1 aromatic carbocycles. The van der Waals surface area contributed by atoms with Crippen molar-refractivity contribution >= 4 is 28.9 Å². The average molecular weight is 422 g/mol. The summed E-state index contributed by atoms with van der Waals surface area (Å²) >= 11 is 6.10. The zero-order valence-corrected chi connectivity index (χ0v) is 15.8. The third kappa shape index (κ3) is 4.24. The number of hydrogen-bond donors (Lipinski definition) is 2. The molecular weight excluding hydrogens is 407 g/mol. The molecule has 1 amide bonds. The average Bonchev–Trinajstić information content (AvgIpc) is 3.14. The van der Waals surface area contributed by atoms with Crippen LogP contribution in [0.2, 0.25) is 5.02 Å². The molecule has 0 aliphatic carbocycles. The van der Waals surface area contributed by atoms with E-state index in [0.29, 0.717) is 11.3 Å². The van der Waals surface area contributed by atoms with E-state index < -0.39 is 11.9 Å².